The fourth-order valence-corrected chi connectivity index (χ4v) is 0.376. The van der Waals surface area contributed by atoms with E-state index in [0.29, 0.717) is 5.69 Å². The quantitative estimate of drug-likeness (QED) is 0.487. The molecule has 0 bridgehead atoms. The molecule has 0 aromatic carbocycles. The van der Waals surface area contributed by atoms with E-state index in [2.05, 4.69) is 4.98 Å². The van der Waals surface area contributed by atoms with Crippen molar-refractivity contribution in [3.8, 4) is 0 Å². The van der Waals surface area contributed by atoms with E-state index < -0.39 is 0 Å². The van der Waals surface area contributed by atoms with Gasteiger partial charge in [0.1, 0.15) is 0 Å². The van der Waals surface area contributed by atoms with Crippen LogP contribution in [-0.4, -0.2) is 34.5 Å². The molecule has 1 heterocycles. The van der Waals surface area contributed by atoms with Crippen molar-refractivity contribution in [2.75, 3.05) is 5.73 Å². The fraction of sp³-hybridized carbons (Fsp3) is 0. The fourth-order valence-electron chi connectivity index (χ4n) is 0.376. The summed E-state index contributed by atoms with van der Waals surface area (Å²) >= 11 is 0. The molecule has 0 radical (unpaired) electrons. The Balaban J connectivity index is 0.000000490. The normalized spacial score (nSPS) is 7.50. The number of nitrogens with two attached hydrogens (primary N) is 1. The zero-order valence-electron chi connectivity index (χ0n) is 3.83. The van der Waals surface area contributed by atoms with E-state index in [4.69, 9.17) is 5.73 Å². The van der Waals surface area contributed by atoms with Crippen molar-refractivity contribution in [1.29, 1.82) is 0 Å². The Labute approximate surface area is 70.4 Å². The molecule has 1 aromatic rings. The second-order valence-electron chi connectivity index (χ2n) is 1.29. The molecular formula is C5H7N2Na. The minimum absolute atomic E-state index is 0. The second-order valence-corrected chi connectivity index (χ2v) is 1.29. The van der Waals surface area contributed by atoms with E-state index in [-0.39, 0.29) is 29.6 Å². The van der Waals surface area contributed by atoms with Crippen LogP contribution in [-0.2, 0) is 0 Å². The maximum absolute atomic E-state index is 5.30. The van der Waals surface area contributed by atoms with Gasteiger partial charge in [0.05, 0.1) is 5.69 Å². The van der Waals surface area contributed by atoms with Gasteiger partial charge < -0.3 is 5.73 Å². The van der Waals surface area contributed by atoms with Crippen LogP contribution in [0.25, 0.3) is 0 Å². The topological polar surface area (TPSA) is 38.9 Å². The summed E-state index contributed by atoms with van der Waals surface area (Å²) in [7, 11) is 0. The first-order valence-electron chi connectivity index (χ1n) is 2.05. The minimum atomic E-state index is 0. The summed E-state index contributed by atoms with van der Waals surface area (Å²) in [6.45, 7) is 0. The third-order valence-electron chi connectivity index (χ3n) is 0.684. The van der Waals surface area contributed by atoms with Crippen molar-refractivity contribution in [1.82, 2.24) is 4.98 Å². The van der Waals surface area contributed by atoms with Crippen LogP contribution in [0.1, 0.15) is 0 Å². The summed E-state index contributed by atoms with van der Waals surface area (Å²) in [6, 6.07) is 3.60. The first-order valence-corrected chi connectivity index (χ1v) is 2.05. The van der Waals surface area contributed by atoms with Crippen molar-refractivity contribution in [3.05, 3.63) is 24.5 Å². The molecule has 1 aromatic heterocycles. The first-order chi connectivity index (χ1) is 3.39. The predicted molar refractivity (Wildman–Crippen MR) is 35.8 cm³/mol. The average Bonchev–Trinajstić information content (AvgIpc) is 1.69. The molecule has 38 valence electrons. The molecule has 0 fully saturated rings. The molecule has 0 aliphatic rings. The van der Waals surface area contributed by atoms with Crippen LogP contribution in [0.3, 0.4) is 0 Å². The van der Waals surface area contributed by atoms with Crippen LogP contribution in [0.5, 0.6) is 0 Å². The molecule has 0 atom stereocenters. The number of pyridine rings is 1. The Hall–Kier alpha value is -0.0500. The van der Waals surface area contributed by atoms with Crippen LogP contribution in [0, 0.1) is 0 Å². The van der Waals surface area contributed by atoms with Crippen LogP contribution in [0.15, 0.2) is 24.5 Å². The summed E-state index contributed by atoms with van der Waals surface area (Å²) in [5.41, 5.74) is 6.01. The SMILES string of the molecule is Nc1cccnc1.[NaH]. The Bertz CT molecular complexity index is 140. The van der Waals surface area contributed by atoms with Gasteiger partial charge in [-0.1, -0.05) is 0 Å². The standard InChI is InChI=1S/C5H6N2.Na.H/c6-5-2-1-3-7-4-5;;/h1-4H,6H2;;. The van der Waals surface area contributed by atoms with Crippen molar-refractivity contribution < 1.29 is 0 Å². The van der Waals surface area contributed by atoms with E-state index >= 15 is 0 Å². The molecule has 2 nitrogen and oxygen atoms in total. The van der Waals surface area contributed by atoms with Gasteiger partial charge in [0.25, 0.3) is 0 Å². The Kier molecular flexibility index (Phi) is 3.87. The summed E-state index contributed by atoms with van der Waals surface area (Å²) in [5, 5.41) is 0. The Morgan fingerprint density at radius 1 is 1.50 bits per heavy atom. The monoisotopic (exact) mass is 118 g/mol. The number of hydrogen-bond acceptors (Lipinski definition) is 2. The van der Waals surface area contributed by atoms with Gasteiger partial charge in [0, 0.05) is 12.4 Å². The maximum atomic E-state index is 5.30. The Morgan fingerprint density at radius 3 is 2.50 bits per heavy atom. The molecule has 0 aliphatic heterocycles. The van der Waals surface area contributed by atoms with E-state index in [1.807, 2.05) is 0 Å². The molecule has 2 N–H and O–H groups in total. The molecule has 0 amide bonds. The average molecular weight is 118 g/mol. The second kappa shape index (κ2) is 3.89. The van der Waals surface area contributed by atoms with Crippen LogP contribution < -0.4 is 5.73 Å². The summed E-state index contributed by atoms with van der Waals surface area (Å²) in [5.74, 6) is 0. The molecule has 0 aliphatic carbocycles. The van der Waals surface area contributed by atoms with Gasteiger partial charge in [0.2, 0.25) is 0 Å². The van der Waals surface area contributed by atoms with Crippen LogP contribution >= 0.6 is 0 Å². The number of rotatable bonds is 0. The summed E-state index contributed by atoms with van der Waals surface area (Å²) < 4.78 is 0. The summed E-state index contributed by atoms with van der Waals surface area (Å²) in [6.07, 6.45) is 3.30. The molecule has 1 rings (SSSR count). The third kappa shape index (κ3) is 2.31. The predicted octanol–water partition coefficient (Wildman–Crippen LogP) is 0.0153. The van der Waals surface area contributed by atoms with Gasteiger partial charge >= 0.3 is 29.6 Å². The van der Waals surface area contributed by atoms with Gasteiger partial charge in [-0.3, -0.25) is 4.98 Å². The van der Waals surface area contributed by atoms with E-state index in [1.54, 1.807) is 24.5 Å². The molecule has 0 saturated heterocycles. The number of nitrogen functional groups attached to an aromatic ring is 1. The molecule has 0 spiro atoms. The van der Waals surface area contributed by atoms with Crippen molar-refractivity contribution in [2.24, 2.45) is 0 Å². The zero-order chi connectivity index (χ0) is 5.11. The molecular weight excluding hydrogens is 111 g/mol. The van der Waals surface area contributed by atoms with Crippen LogP contribution in [0.2, 0.25) is 0 Å². The van der Waals surface area contributed by atoms with Gasteiger partial charge in [-0.15, -0.1) is 0 Å². The number of nitrogens with zero attached hydrogens (tertiary/aromatic N) is 1. The van der Waals surface area contributed by atoms with Gasteiger partial charge in [-0.25, -0.2) is 0 Å². The van der Waals surface area contributed by atoms with Crippen LogP contribution in [0.4, 0.5) is 5.69 Å². The van der Waals surface area contributed by atoms with E-state index in [0.717, 1.165) is 0 Å². The number of anilines is 1. The summed E-state index contributed by atoms with van der Waals surface area (Å²) in [4.78, 5) is 3.76. The number of hydrogen-bond donors (Lipinski definition) is 1. The van der Waals surface area contributed by atoms with Gasteiger partial charge in [0.15, 0.2) is 0 Å². The molecule has 0 saturated carbocycles. The molecule has 3 heteroatoms. The zero-order valence-corrected chi connectivity index (χ0v) is 3.83. The van der Waals surface area contributed by atoms with E-state index in [1.165, 1.54) is 0 Å². The van der Waals surface area contributed by atoms with E-state index in [9.17, 15) is 0 Å². The number of aromatic nitrogens is 1. The van der Waals surface area contributed by atoms with Crippen molar-refractivity contribution in [3.63, 3.8) is 0 Å². The Morgan fingerprint density at radius 2 is 2.25 bits per heavy atom. The van der Waals surface area contributed by atoms with Crippen molar-refractivity contribution >= 4 is 35.2 Å². The molecule has 8 heavy (non-hydrogen) atoms. The third-order valence-corrected chi connectivity index (χ3v) is 0.684. The van der Waals surface area contributed by atoms with Gasteiger partial charge in [-0.05, 0) is 12.1 Å². The first kappa shape index (κ1) is 7.95. The van der Waals surface area contributed by atoms with Crippen molar-refractivity contribution in [2.45, 2.75) is 0 Å². The molecule has 0 unspecified atom stereocenters. The van der Waals surface area contributed by atoms with Gasteiger partial charge in [-0.2, -0.15) is 0 Å².